The summed E-state index contributed by atoms with van der Waals surface area (Å²) in [5, 5.41) is 24.0. The van der Waals surface area contributed by atoms with E-state index in [1.807, 2.05) is 24.3 Å². The summed E-state index contributed by atoms with van der Waals surface area (Å²) in [6.07, 6.45) is 1.45. The minimum Gasteiger partial charge on any atom is -0.507 e. The summed E-state index contributed by atoms with van der Waals surface area (Å²) in [5.74, 6) is 0.555. The van der Waals surface area contributed by atoms with Crippen LogP contribution in [0.4, 0.5) is 5.82 Å². The van der Waals surface area contributed by atoms with Gasteiger partial charge in [-0.1, -0.05) is 47.5 Å². The average Bonchev–Trinajstić information content (AvgIpc) is 2.53. The summed E-state index contributed by atoms with van der Waals surface area (Å²) in [6, 6.07) is 12.2. The van der Waals surface area contributed by atoms with Crippen molar-refractivity contribution in [3.05, 3.63) is 58.2 Å². The van der Waals surface area contributed by atoms with Gasteiger partial charge in [-0.15, -0.1) is 10.2 Å². The quantitative estimate of drug-likeness (QED) is 0.559. The number of rotatable bonds is 3. The van der Waals surface area contributed by atoms with E-state index in [9.17, 15) is 5.11 Å². The van der Waals surface area contributed by atoms with Crippen LogP contribution in [-0.4, -0.2) is 21.5 Å². The first-order valence-electron chi connectivity index (χ1n) is 6.33. The second-order valence-electron chi connectivity index (χ2n) is 4.46. The van der Waals surface area contributed by atoms with Crippen LogP contribution in [0.3, 0.4) is 0 Å². The van der Waals surface area contributed by atoms with Crippen molar-refractivity contribution in [1.82, 2.24) is 10.2 Å². The number of phenolic OH excluding ortho intramolecular Hbond substituents is 1. The van der Waals surface area contributed by atoms with Gasteiger partial charge in [0.1, 0.15) is 5.75 Å². The van der Waals surface area contributed by atoms with Crippen molar-refractivity contribution in [2.45, 2.75) is 0 Å². The molecule has 1 aromatic heterocycles. The van der Waals surface area contributed by atoms with Gasteiger partial charge < -0.3 is 5.11 Å². The van der Waals surface area contributed by atoms with E-state index in [1.54, 1.807) is 12.1 Å². The fourth-order valence-corrected chi connectivity index (χ4v) is 2.33. The molecule has 0 aliphatic rings. The molecule has 0 aliphatic carbocycles. The predicted molar refractivity (Wildman–Crippen MR) is 88.9 cm³/mol. The zero-order valence-electron chi connectivity index (χ0n) is 11.2. The van der Waals surface area contributed by atoms with E-state index in [2.05, 4.69) is 20.7 Å². The van der Waals surface area contributed by atoms with E-state index in [-0.39, 0.29) is 5.75 Å². The fraction of sp³-hybridized carbons (Fsp3) is 0. The molecule has 0 radical (unpaired) electrons. The second-order valence-corrected chi connectivity index (χ2v) is 5.25. The number of aromatic hydroxyl groups is 1. The third kappa shape index (κ3) is 2.95. The summed E-state index contributed by atoms with van der Waals surface area (Å²) in [7, 11) is 0. The Labute approximate surface area is 136 Å². The third-order valence-corrected chi connectivity index (χ3v) is 3.52. The molecule has 0 unspecified atom stereocenters. The lowest BCUT2D eigenvalue weighted by Gasteiger charge is -2.05. The van der Waals surface area contributed by atoms with Gasteiger partial charge in [0.25, 0.3) is 0 Å². The molecule has 22 heavy (non-hydrogen) atoms. The number of nitrogens with one attached hydrogen (secondary N) is 1. The van der Waals surface area contributed by atoms with Gasteiger partial charge in [-0.2, -0.15) is 5.10 Å². The van der Waals surface area contributed by atoms with Crippen LogP contribution < -0.4 is 5.43 Å². The second kappa shape index (κ2) is 6.17. The molecule has 0 fully saturated rings. The van der Waals surface area contributed by atoms with Crippen molar-refractivity contribution in [2.24, 2.45) is 5.10 Å². The molecule has 1 heterocycles. The number of anilines is 1. The number of phenols is 1. The van der Waals surface area contributed by atoms with Crippen molar-refractivity contribution in [1.29, 1.82) is 0 Å². The molecule has 7 heteroatoms. The van der Waals surface area contributed by atoms with Crippen molar-refractivity contribution in [3.63, 3.8) is 0 Å². The number of aromatic nitrogens is 2. The molecule has 0 atom stereocenters. The van der Waals surface area contributed by atoms with E-state index in [4.69, 9.17) is 23.2 Å². The Morgan fingerprint density at radius 1 is 1.05 bits per heavy atom. The van der Waals surface area contributed by atoms with Gasteiger partial charge in [0.15, 0.2) is 11.0 Å². The standard InChI is InChI=1S/C15H10Cl2N4O/c16-10-5-6-13(22)9(7-10)8-18-20-15-12-4-2-1-3-11(12)14(17)19-21-15/h1-8,22H,(H,20,21)/b18-8+. The van der Waals surface area contributed by atoms with Crippen LogP contribution in [0.15, 0.2) is 47.6 Å². The van der Waals surface area contributed by atoms with Crippen molar-refractivity contribution >= 4 is 46.0 Å². The molecule has 2 N–H and O–H groups in total. The van der Waals surface area contributed by atoms with Crippen LogP contribution in [0.1, 0.15) is 5.56 Å². The summed E-state index contributed by atoms with van der Waals surface area (Å²) in [6.45, 7) is 0. The summed E-state index contributed by atoms with van der Waals surface area (Å²) in [5.41, 5.74) is 3.28. The van der Waals surface area contributed by atoms with E-state index >= 15 is 0 Å². The van der Waals surface area contributed by atoms with Crippen LogP contribution in [0.25, 0.3) is 10.8 Å². The van der Waals surface area contributed by atoms with Gasteiger partial charge in [-0.25, -0.2) is 0 Å². The van der Waals surface area contributed by atoms with E-state index < -0.39 is 0 Å². The Hall–Kier alpha value is -2.37. The van der Waals surface area contributed by atoms with Gasteiger partial charge >= 0.3 is 0 Å². The SMILES string of the molecule is Oc1ccc(Cl)cc1/C=N/Nc1nnc(Cl)c2ccccc12. The minimum atomic E-state index is 0.0852. The summed E-state index contributed by atoms with van der Waals surface area (Å²) < 4.78 is 0. The number of hydrogen-bond acceptors (Lipinski definition) is 5. The molecule has 110 valence electrons. The van der Waals surface area contributed by atoms with E-state index in [1.165, 1.54) is 12.3 Å². The van der Waals surface area contributed by atoms with Gasteiger partial charge in [-0.05, 0) is 18.2 Å². The first kappa shape index (κ1) is 14.6. The molecule has 5 nitrogen and oxygen atoms in total. The lowest BCUT2D eigenvalue weighted by atomic mass is 10.2. The highest BCUT2D eigenvalue weighted by molar-refractivity contribution is 6.34. The fourth-order valence-electron chi connectivity index (χ4n) is 1.95. The molecular weight excluding hydrogens is 323 g/mol. The molecule has 0 aliphatic heterocycles. The third-order valence-electron chi connectivity index (χ3n) is 3.01. The van der Waals surface area contributed by atoms with Crippen molar-refractivity contribution in [3.8, 4) is 5.75 Å². The molecule has 0 bridgehead atoms. The van der Waals surface area contributed by atoms with Crippen LogP contribution in [0, 0.1) is 0 Å². The van der Waals surface area contributed by atoms with E-state index in [0.717, 1.165) is 10.8 Å². The highest BCUT2D eigenvalue weighted by Crippen LogP contribution is 2.25. The Morgan fingerprint density at radius 3 is 2.64 bits per heavy atom. The van der Waals surface area contributed by atoms with E-state index in [0.29, 0.717) is 21.6 Å². The summed E-state index contributed by atoms with van der Waals surface area (Å²) in [4.78, 5) is 0. The van der Waals surface area contributed by atoms with Gasteiger partial charge in [-0.3, -0.25) is 5.43 Å². The zero-order valence-corrected chi connectivity index (χ0v) is 12.7. The number of hydrogen-bond donors (Lipinski definition) is 2. The Morgan fingerprint density at radius 2 is 1.82 bits per heavy atom. The first-order chi connectivity index (χ1) is 10.6. The van der Waals surface area contributed by atoms with Gasteiger partial charge in [0.2, 0.25) is 0 Å². The highest BCUT2D eigenvalue weighted by Gasteiger charge is 2.06. The lowest BCUT2D eigenvalue weighted by Crippen LogP contribution is -1.97. The van der Waals surface area contributed by atoms with Crippen LogP contribution in [-0.2, 0) is 0 Å². The number of benzene rings is 2. The van der Waals surface area contributed by atoms with Gasteiger partial charge in [0.05, 0.1) is 6.21 Å². The van der Waals surface area contributed by atoms with Crippen LogP contribution in [0.5, 0.6) is 5.75 Å². The van der Waals surface area contributed by atoms with Crippen LogP contribution >= 0.6 is 23.2 Å². The maximum Gasteiger partial charge on any atom is 0.176 e. The average molecular weight is 333 g/mol. The number of halogens is 2. The summed E-state index contributed by atoms with van der Waals surface area (Å²) >= 11 is 11.9. The lowest BCUT2D eigenvalue weighted by molar-refractivity contribution is 0.474. The topological polar surface area (TPSA) is 70.4 Å². The number of hydrazone groups is 1. The smallest absolute Gasteiger partial charge is 0.176 e. The first-order valence-corrected chi connectivity index (χ1v) is 7.09. The molecule has 3 aromatic rings. The molecule has 3 rings (SSSR count). The maximum absolute atomic E-state index is 9.72. The monoisotopic (exact) mass is 332 g/mol. The molecule has 2 aromatic carbocycles. The molecular formula is C15H10Cl2N4O. The van der Waals surface area contributed by atoms with Crippen molar-refractivity contribution < 1.29 is 5.11 Å². The van der Waals surface area contributed by atoms with Crippen molar-refractivity contribution in [2.75, 3.05) is 5.43 Å². The Bertz CT molecular complexity index is 867. The number of nitrogens with zero attached hydrogens (tertiary/aromatic N) is 3. The minimum absolute atomic E-state index is 0.0852. The zero-order chi connectivity index (χ0) is 15.5. The molecule has 0 amide bonds. The Balaban J connectivity index is 1.90. The number of fused-ring (bicyclic) bond motifs is 1. The molecule has 0 saturated carbocycles. The van der Waals surface area contributed by atoms with Gasteiger partial charge in [0, 0.05) is 21.4 Å². The molecule has 0 spiro atoms. The Kier molecular flexibility index (Phi) is 4.09. The predicted octanol–water partition coefficient (Wildman–Crippen LogP) is 4.09. The maximum atomic E-state index is 9.72. The normalized spacial score (nSPS) is 11.2. The largest absolute Gasteiger partial charge is 0.507 e. The molecule has 0 saturated heterocycles. The van der Waals surface area contributed by atoms with Crippen LogP contribution in [0.2, 0.25) is 10.2 Å². The highest BCUT2D eigenvalue weighted by atomic mass is 35.5.